The van der Waals surface area contributed by atoms with Crippen LogP contribution in [0.15, 0.2) is 54.9 Å². The van der Waals surface area contributed by atoms with Gasteiger partial charge in [0, 0.05) is 23.9 Å². The van der Waals surface area contributed by atoms with Crippen LogP contribution in [0.25, 0.3) is 5.69 Å². The molecule has 0 N–H and O–H groups in total. The summed E-state index contributed by atoms with van der Waals surface area (Å²) in [5, 5.41) is 10.7. The van der Waals surface area contributed by atoms with Crippen LogP contribution in [0.4, 0.5) is 4.39 Å². The van der Waals surface area contributed by atoms with Crippen LogP contribution in [-0.4, -0.2) is 49.9 Å². The Hall–Kier alpha value is -2.94. The van der Waals surface area contributed by atoms with Gasteiger partial charge in [-0.05, 0) is 28.6 Å². The fraction of sp³-hybridized carbons (Fsp3) is 0.222. The van der Waals surface area contributed by atoms with E-state index in [-0.39, 0.29) is 23.7 Å². The number of carbonyl (C=O) groups is 1. The summed E-state index contributed by atoms with van der Waals surface area (Å²) in [6.45, 7) is 0.446. The van der Waals surface area contributed by atoms with E-state index >= 15 is 0 Å². The second kappa shape index (κ2) is 7.75. The maximum Gasteiger partial charge on any atom is 0.261 e. The summed E-state index contributed by atoms with van der Waals surface area (Å²) >= 11 is 1.55. The largest absolute Gasteiger partial charge is 0.484 e. The van der Waals surface area contributed by atoms with Crippen molar-refractivity contribution in [3.8, 4) is 11.4 Å². The molecule has 1 saturated heterocycles. The van der Waals surface area contributed by atoms with E-state index in [1.807, 2.05) is 6.07 Å². The molecule has 0 aliphatic carbocycles. The number of carbonyl (C=O) groups excluding carboxylic acids is 1. The van der Waals surface area contributed by atoms with Crippen LogP contribution in [0.1, 0.15) is 10.9 Å². The molecule has 1 amide bonds. The molecule has 7 nitrogen and oxygen atoms in total. The van der Waals surface area contributed by atoms with Gasteiger partial charge in [-0.15, -0.1) is 16.9 Å². The number of benzene rings is 2. The maximum atomic E-state index is 14.1. The monoisotopic (exact) mass is 385 g/mol. The van der Waals surface area contributed by atoms with Gasteiger partial charge in [0.2, 0.25) is 0 Å². The average molecular weight is 385 g/mol. The lowest BCUT2D eigenvalue weighted by atomic mass is 10.2. The smallest absolute Gasteiger partial charge is 0.261 e. The molecule has 9 heteroatoms. The first-order chi connectivity index (χ1) is 13.2. The van der Waals surface area contributed by atoms with E-state index in [4.69, 9.17) is 4.74 Å². The van der Waals surface area contributed by atoms with Gasteiger partial charge in [-0.3, -0.25) is 4.79 Å². The highest BCUT2D eigenvalue weighted by Gasteiger charge is 2.32. The van der Waals surface area contributed by atoms with E-state index in [1.54, 1.807) is 53.1 Å². The molecule has 0 bridgehead atoms. The minimum absolute atomic E-state index is 0.120. The molecule has 2 aromatic carbocycles. The molecule has 1 unspecified atom stereocenters. The Morgan fingerprint density at radius 1 is 1.26 bits per heavy atom. The lowest BCUT2D eigenvalue weighted by molar-refractivity contribution is -0.133. The van der Waals surface area contributed by atoms with Gasteiger partial charge in [0.05, 0.1) is 5.69 Å². The van der Waals surface area contributed by atoms with Gasteiger partial charge < -0.3 is 9.64 Å². The van der Waals surface area contributed by atoms with Gasteiger partial charge >= 0.3 is 0 Å². The van der Waals surface area contributed by atoms with Crippen LogP contribution in [0.2, 0.25) is 0 Å². The highest BCUT2D eigenvalue weighted by Crippen LogP contribution is 2.38. The Kier molecular flexibility index (Phi) is 5.01. The summed E-state index contributed by atoms with van der Waals surface area (Å²) in [7, 11) is 0. The van der Waals surface area contributed by atoms with E-state index < -0.39 is 0 Å². The Morgan fingerprint density at radius 2 is 2.15 bits per heavy atom. The molecule has 27 heavy (non-hydrogen) atoms. The molecule has 3 aromatic rings. The van der Waals surface area contributed by atoms with Crippen molar-refractivity contribution < 1.29 is 13.9 Å². The standard InChI is InChI=1S/C18H16FN5O2S/c19-16-7-2-1-6-15(16)18-23(8-9-27-18)17(25)11-26-14-5-3-4-13(10-14)24-12-20-21-22-24/h1-7,10,12,18H,8-9,11H2. The summed E-state index contributed by atoms with van der Waals surface area (Å²) < 4.78 is 21.3. The van der Waals surface area contributed by atoms with E-state index in [2.05, 4.69) is 15.5 Å². The molecule has 1 atom stereocenters. The summed E-state index contributed by atoms with van der Waals surface area (Å²) in [5.41, 5.74) is 1.25. The molecule has 2 heterocycles. The van der Waals surface area contributed by atoms with Gasteiger partial charge in [0.1, 0.15) is 23.3 Å². The molecule has 4 rings (SSSR count). The van der Waals surface area contributed by atoms with Gasteiger partial charge in [-0.2, -0.15) is 0 Å². The molecule has 1 aliphatic heterocycles. The Bertz CT molecular complexity index is 937. The van der Waals surface area contributed by atoms with Crippen molar-refractivity contribution in [1.82, 2.24) is 25.1 Å². The van der Waals surface area contributed by atoms with E-state index in [0.29, 0.717) is 17.9 Å². The zero-order chi connectivity index (χ0) is 18.6. The Morgan fingerprint density at radius 3 is 2.96 bits per heavy atom. The van der Waals surface area contributed by atoms with Gasteiger partial charge in [-0.25, -0.2) is 9.07 Å². The Labute approximate surface area is 159 Å². The van der Waals surface area contributed by atoms with Crippen LogP contribution < -0.4 is 4.74 Å². The minimum Gasteiger partial charge on any atom is -0.484 e. The molecule has 1 aromatic heterocycles. The van der Waals surface area contributed by atoms with Crippen molar-refractivity contribution in [2.45, 2.75) is 5.37 Å². The van der Waals surface area contributed by atoms with Crippen molar-refractivity contribution in [3.63, 3.8) is 0 Å². The van der Waals surface area contributed by atoms with Crippen LogP contribution in [0, 0.1) is 5.82 Å². The quantitative estimate of drug-likeness (QED) is 0.672. The van der Waals surface area contributed by atoms with Crippen LogP contribution in [-0.2, 0) is 4.79 Å². The van der Waals surface area contributed by atoms with Gasteiger partial charge in [0.15, 0.2) is 6.61 Å². The fourth-order valence-electron chi connectivity index (χ4n) is 2.88. The minimum atomic E-state index is -0.324. The number of nitrogens with zero attached hydrogens (tertiary/aromatic N) is 5. The number of amides is 1. The van der Waals surface area contributed by atoms with Gasteiger partial charge in [-0.1, -0.05) is 24.3 Å². The molecule has 0 saturated carbocycles. The van der Waals surface area contributed by atoms with E-state index in [1.165, 1.54) is 17.1 Å². The Balaban J connectivity index is 1.43. The molecule has 0 spiro atoms. The van der Waals surface area contributed by atoms with Crippen molar-refractivity contribution in [3.05, 3.63) is 66.2 Å². The molecular formula is C18H16FN5O2S. The predicted octanol–water partition coefficient (Wildman–Crippen LogP) is 2.45. The van der Waals surface area contributed by atoms with Crippen molar-refractivity contribution in [2.24, 2.45) is 0 Å². The SMILES string of the molecule is O=C(COc1cccc(-n2cnnn2)c1)N1CCSC1c1ccccc1F. The molecule has 138 valence electrons. The third-order valence-electron chi connectivity index (χ3n) is 4.18. The van der Waals surface area contributed by atoms with Crippen LogP contribution >= 0.6 is 11.8 Å². The first kappa shape index (κ1) is 17.5. The number of halogens is 1. The number of hydrogen-bond donors (Lipinski definition) is 0. The number of aromatic nitrogens is 4. The fourth-order valence-corrected chi connectivity index (χ4v) is 4.18. The van der Waals surface area contributed by atoms with Crippen molar-refractivity contribution in [1.29, 1.82) is 0 Å². The van der Waals surface area contributed by atoms with Crippen molar-refractivity contribution in [2.75, 3.05) is 18.9 Å². The average Bonchev–Trinajstić information content (AvgIpc) is 3.39. The molecule has 1 fully saturated rings. The molecular weight excluding hydrogens is 369 g/mol. The zero-order valence-corrected chi connectivity index (χ0v) is 15.1. The lowest BCUT2D eigenvalue weighted by Crippen LogP contribution is -2.34. The number of ether oxygens (including phenoxy) is 1. The van der Waals surface area contributed by atoms with E-state index in [9.17, 15) is 9.18 Å². The zero-order valence-electron chi connectivity index (χ0n) is 14.2. The summed E-state index contributed by atoms with van der Waals surface area (Å²) in [6, 6.07) is 13.7. The van der Waals surface area contributed by atoms with Crippen molar-refractivity contribution >= 4 is 17.7 Å². The number of tetrazole rings is 1. The number of hydrogen-bond acceptors (Lipinski definition) is 6. The predicted molar refractivity (Wildman–Crippen MR) is 98.0 cm³/mol. The first-order valence-electron chi connectivity index (χ1n) is 8.34. The second-order valence-corrected chi connectivity index (χ2v) is 7.06. The third-order valence-corrected chi connectivity index (χ3v) is 5.42. The number of rotatable bonds is 5. The van der Waals surface area contributed by atoms with Crippen LogP contribution in [0.5, 0.6) is 5.75 Å². The number of thioether (sulfide) groups is 1. The molecule has 0 radical (unpaired) electrons. The van der Waals surface area contributed by atoms with E-state index in [0.717, 1.165) is 11.4 Å². The highest BCUT2D eigenvalue weighted by atomic mass is 32.2. The van der Waals surface area contributed by atoms with Crippen LogP contribution in [0.3, 0.4) is 0 Å². The normalized spacial score (nSPS) is 16.5. The summed E-state index contributed by atoms with van der Waals surface area (Å²) in [4.78, 5) is 14.3. The summed E-state index contributed by atoms with van der Waals surface area (Å²) in [5.74, 6) is 0.816. The third kappa shape index (κ3) is 3.77. The highest BCUT2D eigenvalue weighted by molar-refractivity contribution is 7.99. The molecule has 1 aliphatic rings. The second-order valence-electron chi connectivity index (χ2n) is 5.87. The first-order valence-corrected chi connectivity index (χ1v) is 9.39. The van der Waals surface area contributed by atoms with Gasteiger partial charge in [0.25, 0.3) is 5.91 Å². The topological polar surface area (TPSA) is 73.1 Å². The lowest BCUT2D eigenvalue weighted by Gasteiger charge is -2.24. The maximum absolute atomic E-state index is 14.1. The summed E-state index contributed by atoms with van der Waals surface area (Å²) in [6.07, 6.45) is 1.48.